The lowest BCUT2D eigenvalue weighted by Gasteiger charge is -2.19. The Balaban J connectivity index is 2.19. The van der Waals surface area contributed by atoms with Crippen LogP contribution in [-0.4, -0.2) is 44.1 Å². The second kappa shape index (κ2) is 4.20. The van der Waals surface area contributed by atoms with Crippen LogP contribution in [0.4, 0.5) is 0 Å². The molecule has 4 nitrogen and oxygen atoms in total. The van der Waals surface area contributed by atoms with Gasteiger partial charge in [0.1, 0.15) is 13.5 Å². The molecule has 0 atom stereocenters. The van der Waals surface area contributed by atoms with Crippen LogP contribution in [0.1, 0.15) is 0 Å². The Hall–Kier alpha value is -0.740. The summed E-state index contributed by atoms with van der Waals surface area (Å²) in [5.41, 5.74) is 0. The normalized spacial score (nSPS) is 16.5. The van der Waals surface area contributed by atoms with Gasteiger partial charge < -0.3 is 19.3 Å². The summed E-state index contributed by atoms with van der Waals surface area (Å²) in [7, 11) is 3.37. The molecular weight excluding hydrogens is 144 g/mol. The van der Waals surface area contributed by atoms with Gasteiger partial charge in [-0.3, -0.25) is 0 Å². The maximum atomic E-state index is 4.96. The van der Waals surface area contributed by atoms with Gasteiger partial charge in [-0.15, -0.1) is 0 Å². The quantitative estimate of drug-likeness (QED) is 0.585. The summed E-state index contributed by atoms with van der Waals surface area (Å²) in [4.78, 5) is 4.11. The molecule has 64 valence electrons. The van der Waals surface area contributed by atoms with Crippen LogP contribution >= 0.6 is 0 Å². The SMILES string of the molecule is COCN1C=CN(COC)C1. The van der Waals surface area contributed by atoms with Gasteiger partial charge in [0.25, 0.3) is 0 Å². The highest BCUT2D eigenvalue weighted by atomic mass is 16.5. The number of methoxy groups -OCH3 is 2. The van der Waals surface area contributed by atoms with Crippen LogP contribution in [0.25, 0.3) is 0 Å². The fourth-order valence-electron chi connectivity index (χ4n) is 1.02. The molecule has 0 unspecified atom stereocenters. The van der Waals surface area contributed by atoms with Gasteiger partial charge in [0.15, 0.2) is 0 Å². The van der Waals surface area contributed by atoms with E-state index in [0.717, 1.165) is 6.67 Å². The van der Waals surface area contributed by atoms with Crippen molar-refractivity contribution >= 4 is 0 Å². The lowest BCUT2D eigenvalue weighted by Crippen LogP contribution is -2.27. The fourth-order valence-corrected chi connectivity index (χ4v) is 1.02. The van der Waals surface area contributed by atoms with Crippen molar-refractivity contribution in [3.8, 4) is 0 Å². The molecule has 11 heavy (non-hydrogen) atoms. The summed E-state index contributed by atoms with van der Waals surface area (Å²) < 4.78 is 9.92. The highest BCUT2D eigenvalue weighted by Gasteiger charge is 2.09. The minimum atomic E-state index is 0.636. The minimum absolute atomic E-state index is 0.636. The average molecular weight is 158 g/mol. The van der Waals surface area contributed by atoms with E-state index in [9.17, 15) is 0 Å². The Morgan fingerprint density at radius 3 is 1.91 bits per heavy atom. The van der Waals surface area contributed by atoms with Crippen molar-refractivity contribution in [1.29, 1.82) is 0 Å². The van der Waals surface area contributed by atoms with Crippen molar-refractivity contribution in [2.45, 2.75) is 0 Å². The lowest BCUT2D eigenvalue weighted by molar-refractivity contribution is 0.0443. The molecule has 0 bridgehead atoms. The number of rotatable bonds is 4. The molecular formula is C7H14N2O2. The first-order valence-corrected chi connectivity index (χ1v) is 3.51. The van der Waals surface area contributed by atoms with E-state index in [2.05, 4.69) is 9.80 Å². The number of hydrogen-bond acceptors (Lipinski definition) is 4. The first kappa shape index (κ1) is 8.36. The number of nitrogens with zero attached hydrogens (tertiary/aromatic N) is 2. The van der Waals surface area contributed by atoms with Gasteiger partial charge in [-0.25, -0.2) is 0 Å². The molecule has 1 rings (SSSR count). The summed E-state index contributed by atoms with van der Waals surface area (Å²) in [6, 6.07) is 0. The van der Waals surface area contributed by atoms with Gasteiger partial charge in [0.05, 0.1) is 6.67 Å². The Bertz CT molecular complexity index is 124. The number of hydrogen-bond donors (Lipinski definition) is 0. The van der Waals surface area contributed by atoms with Crippen LogP contribution in [0, 0.1) is 0 Å². The molecule has 0 aromatic heterocycles. The predicted molar refractivity (Wildman–Crippen MR) is 41.4 cm³/mol. The predicted octanol–water partition coefficient (Wildman–Crippen LogP) is 0.241. The zero-order chi connectivity index (χ0) is 8.10. The molecule has 0 aromatic carbocycles. The van der Waals surface area contributed by atoms with E-state index >= 15 is 0 Å². The first-order valence-electron chi connectivity index (χ1n) is 3.51. The molecule has 0 aliphatic carbocycles. The molecule has 0 radical (unpaired) electrons. The molecule has 1 aliphatic heterocycles. The molecule has 0 spiro atoms. The Kier molecular flexibility index (Phi) is 3.19. The Morgan fingerprint density at radius 2 is 1.55 bits per heavy atom. The van der Waals surface area contributed by atoms with Crippen LogP contribution in [0.5, 0.6) is 0 Å². The van der Waals surface area contributed by atoms with Gasteiger partial charge in [-0.05, 0) is 0 Å². The van der Waals surface area contributed by atoms with Gasteiger partial charge >= 0.3 is 0 Å². The van der Waals surface area contributed by atoms with Crippen LogP contribution in [0.15, 0.2) is 12.4 Å². The standard InChI is InChI=1S/C7H14N2O2/c1-10-6-8-3-4-9(5-8)7-11-2/h3-4H,5-7H2,1-2H3. The maximum Gasteiger partial charge on any atom is 0.119 e. The highest BCUT2D eigenvalue weighted by molar-refractivity contribution is 4.87. The Labute approximate surface area is 67.0 Å². The van der Waals surface area contributed by atoms with E-state index in [4.69, 9.17) is 9.47 Å². The van der Waals surface area contributed by atoms with Crippen molar-refractivity contribution in [1.82, 2.24) is 9.80 Å². The lowest BCUT2D eigenvalue weighted by atomic mass is 10.8. The monoisotopic (exact) mass is 158 g/mol. The van der Waals surface area contributed by atoms with E-state index in [1.807, 2.05) is 12.4 Å². The summed E-state index contributed by atoms with van der Waals surface area (Å²) in [5, 5.41) is 0. The van der Waals surface area contributed by atoms with Gasteiger partial charge in [-0.2, -0.15) is 0 Å². The molecule has 0 saturated heterocycles. The summed E-state index contributed by atoms with van der Waals surface area (Å²) in [5.74, 6) is 0. The van der Waals surface area contributed by atoms with Crippen molar-refractivity contribution < 1.29 is 9.47 Å². The van der Waals surface area contributed by atoms with Crippen LogP contribution in [0.2, 0.25) is 0 Å². The highest BCUT2D eigenvalue weighted by Crippen LogP contribution is 2.04. The molecule has 0 fully saturated rings. The zero-order valence-electron chi connectivity index (χ0n) is 6.99. The fraction of sp³-hybridized carbons (Fsp3) is 0.714. The van der Waals surface area contributed by atoms with Crippen molar-refractivity contribution in [3.05, 3.63) is 12.4 Å². The topological polar surface area (TPSA) is 24.9 Å². The average Bonchev–Trinajstić information content (AvgIpc) is 2.38. The third kappa shape index (κ3) is 2.40. The van der Waals surface area contributed by atoms with Gasteiger partial charge in [0.2, 0.25) is 0 Å². The van der Waals surface area contributed by atoms with Crippen LogP contribution in [0.3, 0.4) is 0 Å². The summed E-state index contributed by atoms with van der Waals surface area (Å²) in [6.07, 6.45) is 3.98. The first-order chi connectivity index (χ1) is 5.36. The summed E-state index contributed by atoms with van der Waals surface area (Å²) >= 11 is 0. The largest absolute Gasteiger partial charge is 0.364 e. The van der Waals surface area contributed by atoms with Crippen molar-refractivity contribution in [2.24, 2.45) is 0 Å². The zero-order valence-corrected chi connectivity index (χ0v) is 6.99. The molecule has 1 heterocycles. The molecule has 0 N–H and O–H groups in total. The third-order valence-electron chi connectivity index (χ3n) is 1.44. The molecule has 0 aromatic rings. The van der Waals surface area contributed by atoms with E-state index in [-0.39, 0.29) is 0 Å². The van der Waals surface area contributed by atoms with Crippen molar-refractivity contribution in [2.75, 3.05) is 34.3 Å². The Morgan fingerprint density at radius 1 is 1.09 bits per heavy atom. The summed E-state index contributed by atoms with van der Waals surface area (Å²) in [6.45, 7) is 2.12. The second-order valence-corrected chi connectivity index (χ2v) is 2.45. The molecule has 0 amide bonds. The van der Waals surface area contributed by atoms with Crippen molar-refractivity contribution in [3.63, 3.8) is 0 Å². The number of ether oxygens (including phenoxy) is 2. The van der Waals surface area contributed by atoms with Gasteiger partial charge in [-0.1, -0.05) is 0 Å². The van der Waals surface area contributed by atoms with Crippen LogP contribution in [-0.2, 0) is 9.47 Å². The molecule has 0 saturated carbocycles. The molecule has 4 heteroatoms. The third-order valence-corrected chi connectivity index (χ3v) is 1.44. The van der Waals surface area contributed by atoms with E-state index in [1.165, 1.54) is 0 Å². The maximum absolute atomic E-state index is 4.96. The smallest absolute Gasteiger partial charge is 0.119 e. The van der Waals surface area contributed by atoms with E-state index in [1.54, 1.807) is 14.2 Å². The second-order valence-electron chi connectivity index (χ2n) is 2.45. The molecule has 1 aliphatic rings. The van der Waals surface area contributed by atoms with E-state index < -0.39 is 0 Å². The van der Waals surface area contributed by atoms with Gasteiger partial charge in [0, 0.05) is 26.6 Å². The minimum Gasteiger partial charge on any atom is -0.364 e. The van der Waals surface area contributed by atoms with Crippen LogP contribution < -0.4 is 0 Å². The van der Waals surface area contributed by atoms with E-state index in [0.29, 0.717) is 13.5 Å².